The smallest absolute Gasteiger partial charge is 0.138 e. The van der Waals surface area contributed by atoms with Crippen molar-refractivity contribution in [2.75, 3.05) is 0 Å². The van der Waals surface area contributed by atoms with Gasteiger partial charge < -0.3 is 4.74 Å². The van der Waals surface area contributed by atoms with Gasteiger partial charge in [0.2, 0.25) is 0 Å². The summed E-state index contributed by atoms with van der Waals surface area (Å²) in [6, 6.07) is 0. The fourth-order valence-electron chi connectivity index (χ4n) is 8.17. The van der Waals surface area contributed by atoms with Gasteiger partial charge in [-0.05, 0) is 68.6 Å². The number of ether oxygens (including phenoxy) is 1. The molecule has 1 aliphatic heterocycles. The zero-order valence-electron chi connectivity index (χ0n) is 14.6. The molecule has 0 amide bonds. The monoisotopic (exact) mass is 302 g/mol. The molecular formula is C20H30O2. The van der Waals surface area contributed by atoms with E-state index in [1.807, 2.05) is 0 Å². The molecule has 4 aliphatic carbocycles. The fraction of sp³-hybridized carbons (Fsp3) is 0.950. The molecule has 4 saturated carbocycles. The van der Waals surface area contributed by atoms with E-state index >= 15 is 0 Å². The van der Waals surface area contributed by atoms with Crippen LogP contribution in [0, 0.1) is 34.0 Å². The maximum atomic E-state index is 12.5. The Kier molecular flexibility index (Phi) is 2.33. The van der Waals surface area contributed by atoms with E-state index in [0.717, 1.165) is 24.7 Å². The summed E-state index contributed by atoms with van der Waals surface area (Å²) in [5, 5.41) is 0. The van der Waals surface area contributed by atoms with Gasteiger partial charge in [-0.3, -0.25) is 4.79 Å². The number of hydrogen-bond acceptors (Lipinski definition) is 2. The Balaban J connectivity index is 1.59. The van der Waals surface area contributed by atoms with E-state index in [9.17, 15) is 4.79 Å². The third-order valence-electron chi connectivity index (χ3n) is 9.26. The minimum absolute atomic E-state index is 0.113. The third-order valence-corrected chi connectivity index (χ3v) is 9.26. The molecule has 122 valence electrons. The molecule has 7 atom stereocenters. The van der Waals surface area contributed by atoms with Gasteiger partial charge in [-0.1, -0.05) is 20.8 Å². The first kappa shape index (κ1) is 14.0. The standard InChI is InChI=1S/C20H30O2/c1-17(2)13-7-10-20-11-12(19(4)16(20)22-19)5-6-14(20)18(13,3)9-8-15(17)21/h12-14,16H,5-11H2,1-4H3. The molecule has 0 N–H and O–H groups in total. The molecule has 5 rings (SSSR count). The second-order valence-corrected chi connectivity index (χ2v) is 10.2. The summed E-state index contributed by atoms with van der Waals surface area (Å²) in [6.07, 6.45) is 9.18. The lowest BCUT2D eigenvalue weighted by molar-refractivity contribution is -0.173. The number of hydrogen-bond donors (Lipinski definition) is 0. The van der Waals surface area contributed by atoms with Crippen LogP contribution in [0.2, 0.25) is 0 Å². The van der Waals surface area contributed by atoms with Crippen LogP contribution in [0.4, 0.5) is 0 Å². The first-order valence-corrected chi connectivity index (χ1v) is 9.46. The predicted molar refractivity (Wildman–Crippen MR) is 85.4 cm³/mol. The van der Waals surface area contributed by atoms with Crippen molar-refractivity contribution in [2.24, 2.45) is 34.0 Å². The molecule has 5 fully saturated rings. The quantitative estimate of drug-likeness (QED) is 0.622. The molecule has 1 saturated heterocycles. The molecule has 0 radical (unpaired) electrons. The summed E-state index contributed by atoms with van der Waals surface area (Å²) in [5.41, 5.74) is 0.924. The van der Waals surface area contributed by atoms with Crippen molar-refractivity contribution >= 4 is 5.78 Å². The van der Waals surface area contributed by atoms with Gasteiger partial charge in [0.05, 0.1) is 11.7 Å². The van der Waals surface area contributed by atoms with Crippen LogP contribution in [-0.2, 0) is 9.53 Å². The van der Waals surface area contributed by atoms with Crippen LogP contribution in [0.15, 0.2) is 0 Å². The molecule has 2 heteroatoms. The molecule has 5 aliphatic rings. The minimum Gasteiger partial charge on any atom is -0.365 e. The fourth-order valence-corrected chi connectivity index (χ4v) is 8.17. The molecule has 0 aromatic heterocycles. The highest BCUT2D eigenvalue weighted by Gasteiger charge is 2.78. The van der Waals surface area contributed by atoms with Crippen LogP contribution in [0.25, 0.3) is 0 Å². The number of fused-ring (bicyclic) bond motifs is 5. The SMILES string of the molecule is CC1(C)C(=O)CCC2(C)C1CCC13CC(CCC21)C1(C)OC31. The van der Waals surface area contributed by atoms with Crippen LogP contribution in [-0.4, -0.2) is 17.5 Å². The van der Waals surface area contributed by atoms with Gasteiger partial charge in [-0.2, -0.15) is 0 Å². The Hall–Kier alpha value is -0.370. The molecule has 22 heavy (non-hydrogen) atoms. The highest BCUT2D eigenvalue weighted by molar-refractivity contribution is 5.85. The Bertz CT molecular complexity index is 566. The van der Waals surface area contributed by atoms with Crippen LogP contribution < -0.4 is 0 Å². The van der Waals surface area contributed by atoms with E-state index in [4.69, 9.17) is 4.74 Å². The van der Waals surface area contributed by atoms with E-state index in [-0.39, 0.29) is 11.0 Å². The summed E-state index contributed by atoms with van der Waals surface area (Å²) >= 11 is 0. The highest BCUT2D eigenvalue weighted by Crippen LogP contribution is 2.77. The second kappa shape index (κ2) is 3.66. The van der Waals surface area contributed by atoms with Crippen LogP contribution in [0.1, 0.15) is 72.6 Å². The van der Waals surface area contributed by atoms with Crippen molar-refractivity contribution in [3.05, 3.63) is 0 Å². The maximum absolute atomic E-state index is 12.5. The van der Waals surface area contributed by atoms with E-state index in [0.29, 0.717) is 28.6 Å². The zero-order valence-corrected chi connectivity index (χ0v) is 14.6. The summed E-state index contributed by atoms with van der Waals surface area (Å²) in [4.78, 5) is 12.5. The first-order chi connectivity index (χ1) is 10.3. The van der Waals surface area contributed by atoms with Crippen LogP contribution >= 0.6 is 0 Å². The van der Waals surface area contributed by atoms with Crippen molar-refractivity contribution in [3.63, 3.8) is 0 Å². The first-order valence-electron chi connectivity index (χ1n) is 9.46. The average Bonchev–Trinajstić information content (AvgIpc) is 3.13. The largest absolute Gasteiger partial charge is 0.365 e. The van der Waals surface area contributed by atoms with Crippen LogP contribution in [0.5, 0.6) is 0 Å². The number of Topliss-reactive ketones (excluding diaryl/α,β-unsaturated/α-hetero) is 1. The van der Waals surface area contributed by atoms with E-state index < -0.39 is 0 Å². The van der Waals surface area contributed by atoms with Crippen molar-refractivity contribution in [3.8, 4) is 0 Å². The van der Waals surface area contributed by atoms with Crippen molar-refractivity contribution in [1.29, 1.82) is 0 Å². The highest BCUT2D eigenvalue weighted by atomic mass is 16.6. The number of rotatable bonds is 0. The zero-order chi connectivity index (χ0) is 15.5. The molecule has 2 nitrogen and oxygen atoms in total. The summed E-state index contributed by atoms with van der Waals surface area (Å²) in [5.74, 6) is 2.70. The van der Waals surface area contributed by atoms with Gasteiger partial charge in [0.1, 0.15) is 5.78 Å². The van der Waals surface area contributed by atoms with Crippen LogP contribution in [0.3, 0.4) is 0 Å². The predicted octanol–water partition coefficient (Wildman–Crippen LogP) is 4.37. The lowest BCUT2D eigenvalue weighted by Crippen LogP contribution is -2.59. The Labute approximate surface area is 134 Å². The lowest BCUT2D eigenvalue weighted by Gasteiger charge is -2.63. The van der Waals surface area contributed by atoms with E-state index in [2.05, 4.69) is 27.7 Å². The molecule has 7 unspecified atom stereocenters. The molecule has 1 heterocycles. The molecule has 0 aromatic rings. The number of ketones is 1. The maximum Gasteiger partial charge on any atom is 0.138 e. The summed E-state index contributed by atoms with van der Waals surface area (Å²) in [7, 11) is 0. The number of carbonyl (C=O) groups is 1. The molecular weight excluding hydrogens is 272 g/mol. The summed E-state index contributed by atoms with van der Waals surface area (Å²) in [6.45, 7) is 9.37. The van der Waals surface area contributed by atoms with Gasteiger partial charge >= 0.3 is 0 Å². The van der Waals surface area contributed by atoms with Crippen molar-refractivity contribution < 1.29 is 9.53 Å². The topological polar surface area (TPSA) is 29.6 Å². The van der Waals surface area contributed by atoms with E-state index in [1.165, 1.54) is 32.1 Å². The molecule has 0 aromatic carbocycles. The van der Waals surface area contributed by atoms with Crippen molar-refractivity contribution in [2.45, 2.75) is 84.3 Å². The Morgan fingerprint density at radius 1 is 1.00 bits per heavy atom. The van der Waals surface area contributed by atoms with Gasteiger partial charge in [0, 0.05) is 17.3 Å². The van der Waals surface area contributed by atoms with Crippen molar-refractivity contribution in [1.82, 2.24) is 0 Å². The Morgan fingerprint density at radius 2 is 1.77 bits per heavy atom. The van der Waals surface area contributed by atoms with E-state index in [1.54, 1.807) is 0 Å². The normalized spacial score (nSPS) is 61.2. The lowest BCUT2D eigenvalue weighted by atomic mass is 9.41. The molecule has 2 bridgehead atoms. The second-order valence-electron chi connectivity index (χ2n) is 10.2. The van der Waals surface area contributed by atoms with Gasteiger partial charge in [0.15, 0.2) is 0 Å². The molecule has 1 spiro atoms. The summed E-state index contributed by atoms with van der Waals surface area (Å²) < 4.78 is 6.30. The number of epoxide rings is 1. The van der Waals surface area contributed by atoms with Gasteiger partial charge in [0.25, 0.3) is 0 Å². The van der Waals surface area contributed by atoms with Gasteiger partial charge in [-0.15, -0.1) is 0 Å². The Morgan fingerprint density at radius 3 is 2.55 bits per heavy atom. The number of carbonyl (C=O) groups excluding carboxylic acids is 1. The third kappa shape index (κ3) is 1.29. The van der Waals surface area contributed by atoms with Gasteiger partial charge in [-0.25, -0.2) is 0 Å². The average molecular weight is 302 g/mol. The minimum atomic E-state index is -0.113.